The van der Waals surface area contributed by atoms with Crippen LogP contribution in [0.15, 0.2) is 77.9 Å². The van der Waals surface area contributed by atoms with Crippen molar-refractivity contribution in [2.24, 2.45) is 23.7 Å². The number of ketones is 3. The van der Waals surface area contributed by atoms with Gasteiger partial charge in [0.1, 0.15) is 29.0 Å². The Kier molecular flexibility index (Phi) is 14.9. The lowest BCUT2D eigenvalue weighted by Crippen LogP contribution is -2.49. The zero-order chi connectivity index (χ0) is 48.5. The molecule has 11 atom stereocenters. The molecular formula is C50H60N2O14. The van der Waals surface area contributed by atoms with Crippen molar-refractivity contribution in [1.82, 2.24) is 10.2 Å². The van der Waals surface area contributed by atoms with Crippen LogP contribution in [-0.4, -0.2) is 113 Å². The molecule has 354 valence electrons. The van der Waals surface area contributed by atoms with Crippen molar-refractivity contribution in [3.63, 3.8) is 0 Å². The molecule has 0 saturated carbocycles. The van der Waals surface area contributed by atoms with E-state index in [1.807, 2.05) is 0 Å². The number of allylic oxidation sites excluding steroid dienone is 4. The molecule has 16 heteroatoms. The Morgan fingerprint density at radius 1 is 0.848 bits per heavy atom. The molecule has 5 aliphatic rings. The minimum Gasteiger partial charge on any atom is -0.462 e. The number of nitrogens with zero attached hydrogens (tertiary/aromatic N) is 1. The second kappa shape index (κ2) is 19.9. The van der Waals surface area contributed by atoms with E-state index < -0.39 is 118 Å². The van der Waals surface area contributed by atoms with E-state index >= 15 is 9.59 Å². The first kappa shape index (κ1) is 49.5. The molecule has 7 rings (SSSR count). The third-order valence-corrected chi connectivity index (χ3v) is 12.8. The molecule has 3 N–H and O–H groups in total. The Hall–Kier alpha value is -5.94. The standard InChI is InChI=1S/C50H60N2O14/c1-24-16-15-17-25(2)48(59)51-38-39(52-22-26(3)63-27(4)23-52)43(57)35-36(42(38)56)45(65-49(60)33-18-13-12-14-19-33)31(8)46-37(35)47(58)50(10,66-46)62-21-20-34(61-11)28(5)44(64-32(9)53)30(7)41(55)29(6)40(24)54/h12-21,24,26-30,34,40-41,44,54-55H,22-23H2,1-11H3,(H,51,59)/b16-15+,21-20+,25-17-/t24-,26?,27?,28+,29+,30-,34-,40-,41-,44+,50-/m0/s1. The Morgan fingerprint density at radius 2 is 1.50 bits per heavy atom. The van der Waals surface area contributed by atoms with E-state index in [4.69, 9.17) is 28.4 Å². The number of carbonyl (C=O) groups excluding carboxylic acids is 6. The number of carbonyl (C=O) groups is 6. The van der Waals surface area contributed by atoms with Crippen LogP contribution in [0, 0.1) is 30.6 Å². The summed E-state index contributed by atoms with van der Waals surface area (Å²) in [6, 6.07) is 7.97. The number of fused-ring (bicyclic) bond motifs is 14. The maximum Gasteiger partial charge on any atom is 0.343 e. The van der Waals surface area contributed by atoms with Gasteiger partial charge in [-0.1, -0.05) is 64.1 Å². The van der Waals surface area contributed by atoms with Crippen LogP contribution < -0.4 is 14.8 Å². The van der Waals surface area contributed by atoms with Crippen LogP contribution in [0.1, 0.15) is 109 Å². The van der Waals surface area contributed by atoms with Gasteiger partial charge in [0.15, 0.2) is 0 Å². The fraction of sp³-hybridized carbons (Fsp3) is 0.480. The Morgan fingerprint density at radius 3 is 2.12 bits per heavy atom. The van der Waals surface area contributed by atoms with E-state index in [2.05, 4.69) is 5.32 Å². The SMILES string of the molecule is CO[C@H]1/C=C/O[C@@]2(C)Oc3c(C)c(OC(=O)c4ccccc4)c4c(c3C2=O)C(=O)C(N2CC(C)OC(C)C2)=C(NC(=O)/C(C)=C\C=C\[C@H](C)[C@H](O)[C@@H](C)[C@H](O)[C@H](C)[C@H](OC(C)=O)[C@@H]1C)C4=O. The Labute approximate surface area is 384 Å². The maximum absolute atomic E-state index is 15.4. The van der Waals surface area contributed by atoms with Gasteiger partial charge in [-0.3, -0.25) is 24.0 Å². The largest absolute Gasteiger partial charge is 0.462 e. The highest BCUT2D eigenvalue weighted by Crippen LogP contribution is 2.50. The smallest absolute Gasteiger partial charge is 0.343 e. The van der Waals surface area contributed by atoms with Crippen molar-refractivity contribution in [2.45, 2.75) is 112 Å². The molecule has 66 heavy (non-hydrogen) atoms. The van der Waals surface area contributed by atoms with Gasteiger partial charge < -0.3 is 48.9 Å². The minimum atomic E-state index is -2.16. The van der Waals surface area contributed by atoms with E-state index in [1.54, 1.807) is 76.8 Å². The van der Waals surface area contributed by atoms with Crippen LogP contribution in [0.4, 0.5) is 0 Å². The average molecular weight is 913 g/mol. The molecule has 4 aliphatic heterocycles. The monoisotopic (exact) mass is 912 g/mol. The number of methoxy groups -OCH3 is 1. The van der Waals surface area contributed by atoms with Crippen LogP contribution in [0.25, 0.3) is 0 Å². The van der Waals surface area contributed by atoms with Crippen LogP contribution in [-0.2, 0) is 28.5 Å². The number of esters is 2. The van der Waals surface area contributed by atoms with E-state index in [1.165, 1.54) is 65.4 Å². The summed E-state index contributed by atoms with van der Waals surface area (Å²) in [5.74, 6) is -10.1. The van der Waals surface area contributed by atoms with Gasteiger partial charge >= 0.3 is 17.7 Å². The summed E-state index contributed by atoms with van der Waals surface area (Å²) in [6.45, 7) is 16.3. The number of nitrogens with one attached hydrogen (secondary N) is 1. The van der Waals surface area contributed by atoms with Crippen LogP contribution in [0.5, 0.6) is 11.5 Å². The zero-order valence-electron chi connectivity index (χ0n) is 39.2. The van der Waals surface area contributed by atoms with Crippen molar-refractivity contribution in [2.75, 3.05) is 20.2 Å². The molecule has 0 spiro atoms. The molecule has 2 aromatic rings. The second-order valence-electron chi connectivity index (χ2n) is 17.9. The van der Waals surface area contributed by atoms with Crippen molar-refractivity contribution < 1.29 is 67.4 Å². The molecule has 4 heterocycles. The summed E-state index contributed by atoms with van der Waals surface area (Å²) in [6.07, 6.45) is 2.47. The van der Waals surface area contributed by atoms with E-state index in [0.29, 0.717) is 0 Å². The summed E-state index contributed by atoms with van der Waals surface area (Å²) in [4.78, 5) is 87.5. The van der Waals surface area contributed by atoms with Gasteiger partial charge in [0, 0.05) is 68.9 Å². The van der Waals surface area contributed by atoms with E-state index in [-0.39, 0.29) is 52.5 Å². The number of amides is 1. The van der Waals surface area contributed by atoms with Crippen molar-refractivity contribution in [3.8, 4) is 11.5 Å². The summed E-state index contributed by atoms with van der Waals surface area (Å²) in [7, 11) is 1.42. The summed E-state index contributed by atoms with van der Waals surface area (Å²) in [5, 5.41) is 25.7. The van der Waals surface area contributed by atoms with Gasteiger partial charge in [0.25, 0.3) is 11.7 Å². The summed E-state index contributed by atoms with van der Waals surface area (Å²) >= 11 is 0. The lowest BCUT2D eigenvalue weighted by molar-refractivity contribution is -0.160. The molecule has 0 radical (unpaired) electrons. The van der Waals surface area contributed by atoms with E-state index in [0.717, 1.165) is 0 Å². The normalized spacial score (nSPS) is 32.7. The number of hydrogen-bond acceptors (Lipinski definition) is 15. The highest BCUT2D eigenvalue weighted by Gasteiger charge is 2.54. The number of morpholine rings is 1. The van der Waals surface area contributed by atoms with Gasteiger partial charge in [0.05, 0.1) is 59.0 Å². The van der Waals surface area contributed by atoms with Gasteiger partial charge in [0.2, 0.25) is 11.6 Å². The predicted molar refractivity (Wildman–Crippen MR) is 239 cm³/mol. The van der Waals surface area contributed by atoms with Gasteiger partial charge in [-0.05, 0) is 45.9 Å². The number of benzene rings is 2. The molecule has 16 nitrogen and oxygen atoms in total. The van der Waals surface area contributed by atoms with Gasteiger partial charge in [-0.2, -0.15) is 0 Å². The fourth-order valence-electron chi connectivity index (χ4n) is 9.18. The number of hydrogen-bond donors (Lipinski definition) is 3. The molecular weight excluding hydrogens is 853 g/mol. The molecule has 1 amide bonds. The van der Waals surface area contributed by atoms with Crippen LogP contribution >= 0.6 is 0 Å². The lowest BCUT2D eigenvalue weighted by atomic mass is 9.78. The quantitative estimate of drug-likeness (QED) is 0.247. The first-order valence-corrected chi connectivity index (χ1v) is 22.1. The minimum absolute atomic E-state index is 0.0269. The number of ether oxygens (including phenoxy) is 6. The fourth-order valence-corrected chi connectivity index (χ4v) is 9.18. The first-order chi connectivity index (χ1) is 31.1. The van der Waals surface area contributed by atoms with Crippen molar-refractivity contribution in [3.05, 3.63) is 106 Å². The highest BCUT2D eigenvalue weighted by atomic mass is 16.7. The number of Topliss-reactive ketones (excluding diaryl/α,β-unsaturated/α-hetero) is 3. The summed E-state index contributed by atoms with van der Waals surface area (Å²) in [5.41, 5.74) is -1.46. The topological polar surface area (TPSA) is 214 Å². The maximum atomic E-state index is 15.4. The predicted octanol–water partition coefficient (Wildman–Crippen LogP) is 5.58. The molecule has 1 aliphatic carbocycles. The van der Waals surface area contributed by atoms with Crippen LogP contribution in [0.2, 0.25) is 0 Å². The van der Waals surface area contributed by atoms with Gasteiger partial charge in [-0.25, -0.2) is 4.79 Å². The number of rotatable bonds is 5. The van der Waals surface area contributed by atoms with Crippen LogP contribution in [0.3, 0.4) is 0 Å². The average Bonchev–Trinajstić information content (AvgIpc) is 3.54. The zero-order valence-corrected chi connectivity index (χ0v) is 39.2. The third-order valence-electron chi connectivity index (χ3n) is 12.8. The third kappa shape index (κ3) is 9.64. The molecule has 1 fully saturated rings. The van der Waals surface area contributed by atoms with Gasteiger partial charge in [-0.15, -0.1) is 0 Å². The Balaban J connectivity index is 1.57. The molecule has 5 bridgehead atoms. The number of aliphatic hydroxyl groups excluding tert-OH is 2. The highest BCUT2D eigenvalue weighted by molar-refractivity contribution is 6.32. The van der Waals surface area contributed by atoms with Crippen molar-refractivity contribution >= 4 is 35.2 Å². The molecule has 0 aromatic heterocycles. The molecule has 2 aromatic carbocycles. The summed E-state index contributed by atoms with van der Waals surface area (Å²) < 4.78 is 35.9. The molecule has 1 saturated heterocycles. The van der Waals surface area contributed by atoms with Crippen molar-refractivity contribution in [1.29, 1.82) is 0 Å². The lowest BCUT2D eigenvalue weighted by Gasteiger charge is -2.39. The van der Waals surface area contributed by atoms with E-state index in [9.17, 15) is 29.4 Å². The Bertz CT molecular complexity index is 2390. The first-order valence-electron chi connectivity index (χ1n) is 22.1. The molecule has 2 unspecified atom stereocenters. The number of aliphatic hydroxyl groups is 2. The second-order valence-corrected chi connectivity index (χ2v) is 17.9.